The van der Waals surface area contributed by atoms with E-state index in [9.17, 15) is 13.2 Å². The first kappa shape index (κ1) is 18.4. The van der Waals surface area contributed by atoms with Gasteiger partial charge in [-0.2, -0.15) is 0 Å². The minimum absolute atomic E-state index is 0.0287. The second-order valence-corrected chi connectivity index (χ2v) is 9.66. The molecule has 144 valence electrons. The Kier molecular flexibility index (Phi) is 4.90. The molecule has 0 bridgehead atoms. The lowest BCUT2D eigenvalue weighted by Crippen LogP contribution is -2.43. The van der Waals surface area contributed by atoms with Crippen LogP contribution in [-0.2, 0) is 14.6 Å². The zero-order chi connectivity index (χ0) is 19.0. The molecule has 1 unspecified atom stereocenters. The number of ether oxygens (including phenoxy) is 1. The van der Waals surface area contributed by atoms with Crippen molar-refractivity contribution in [2.24, 2.45) is 0 Å². The van der Waals surface area contributed by atoms with Crippen molar-refractivity contribution in [2.75, 3.05) is 31.8 Å². The van der Waals surface area contributed by atoms with Crippen molar-refractivity contribution < 1.29 is 17.9 Å². The lowest BCUT2D eigenvalue weighted by atomic mass is 10.0. The number of methoxy groups -OCH3 is 1. The lowest BCUT2D eigenvalue weighted by Gasteiger charge is -2.28. The Morgan fingerprint density at radius 1 is 1.26 bits per heavy atom. The van der Waals surface area contributed by atoms with Crippen LogP contribution >= 0.6 is 0 Å². The van der Waals surface area contributed by atoms with Gasteiger partial charge < -0.3 is 9.64 Å². The SMILES string of the molecule is COCCN(C(=O)c1cc(C2CC2)nc2ccccc12)C1CCS(=O)(=O)C1. The zero-order valence-corrected chi connectivity index (χ0v) is 16.2. The molecule has 1 aliphatic heterocycles. The number of fused-ring (bicyclic) bond motifs is 1. The zero-order valence-electron chi connectivity index (χ0n) is 15.4. The van der Waals surface area contributed by atoms with E-state index in [0.717, 1.165) is 29.4 Å². The summed E-state index contributed by atoms with van der Waals surface area (Å²) >= 11 is 0. The quantitative estimate of drug-likeness (QED) is 0.759. The van der Waals surface area contributed by atoms with Gasteiger partial charge in [-0.1, -0.05) is 18.2 Å². The average molecular weight is 388 g/mol. The van der Waals surface area contributed by atoms with Gasteiger partial charge in [-0.15, -0.1) is 0 Å². The Morgan fingerprint density at radius 2 is 2.04 bits per heavy atom. The highest BCUT2D eigenvalue weighted by Crippen LogP contribution is 2.40. The summed E-state index contributed by atoms with van der Waals surface area (Å²) in [7, 11) is -1.50. The molecule has 2 aliphatic rings. The molecule has 1 aliphatic carbocycles. The lowest BCUT2D eigenvalue weighted by molar-refractivity contribution is 0.0626. The molecule has 1 amide bonds. The van der Waals surface area contributed by atoms with Gasteiger partial charge in [-0.05, 0) is 31.4 Å². The van der Waals surface area contributed by atoms with Crippen molar-refractivity contribution in [3.8, 4) is 0 Å². The van der Waals surface area contributed by atoms with E-state index in [1.165, 1.54) is 0 Å². The highest BCUT2D eigenvalue weighted by atomic mass is 32.2. The molecule has 2 fully saturated rings. The van der Waals surface area contributed by atoms with Crippen LogP contribution in [0.2, 0.25) is 0 Å². The number of aromatic nitrogens is 1. The number of rotatable bonds is 6. The summed E-state index contributed by atoms with van der Waals surface area (Å²) in [6.07, 6.45) is 2.69. The van der Waals surface area contributed by atoms with Crippen molar-refractivity contribution in [1.29, 1.82) is 0 Å². The van der Waals surface area contributed by atoms with E-state index < -0.39 is 9.84 Å². The number of carbonyl (C=O) groups excluding carboxylic acids is 1. The van der Waals surface area contributed by atoms with Crippen LogP contribution in [0.3, 0.4) is 0 Å². The predicted molar refractivity (Wildman–Crippen MR) is 104 cm³/mol. The number of benzene rings is 1. The van der Waals surface area contributed by atoms with Gasteiger partial charge in [-0.3, -0.25) is 9.78 Å². The Balaban J connectivity index is 1.74. The number of amides is 1. The summed E-state index contributed by atoms with van der Waals surface area (Å²) in [5.74, 6) is 0.467. The van der Waals surface area contributed by atoms with Gasteiger partial charge in [0.05, 0.1) is 29.2 Å². The standard InChI is InChI=1S/C20H24N2O4S/c1-26-10-9-22(15-8-11-27(24,25)13-15)20(23)17-12-19(14-6-7-14)21-18-5-3-2-4-16(17)18/h2-5,12,14-15H,6-11,13H2,1H3. The number of hydrogen-bond donors (Lipinski definition) is 0. The van der Waals surface area contributed by atoms with E-state index in [1.54, 1.807) is 12.0 Å². The molecule has 1 saturated heterocycles. The summed E-state index contributed by atoms with van der Waals surface area (Å²) in [4.78, 5) is 19.9. The molecular weight excluding hydrogens is 364 g/mol. The Hall–Kier alpha value is -1.99. The summed E-state index contributed by atoms with van der Waals surface area (Å²) in [6, 6.07) is 9.27. The molecule has 2 heterocycles. The fourth-order valence-electron chi connectivity index (χ4n) is 3.78. The average Bonchev–Trinajstić information content (AvgIpc) is 3.44. The molecule has 1 aromatic heterocycles. The molecule has 27 heavy (non-hydrogen) atoms. The predicted octanol–water partition coefficient (Wildman–Crippen LogP) is 2.39. The molecule has 0 N–H and O–H groups in total. The highest BCUT2D eigenvalue weighted by Gasteiger charge is 2.36. The normalized spacial score (nSPS) is 21.4. The third-order valence-electron chi connectivity index (χ3n) is 5.41. The van der Waals surface area contributed by atoms with Crippen molar-refractivity contribution in [1.82, 2.24) is 9.88 Å². The van der Waals surface area contributed by atoms with Gasteiger partial charge in [0.2, 0.25) is 0 Å². The van der Waals surface area contributed by atoms with Crippen LogP contribution in [0, 0.1) is 0 Å². The van der Waals surface area contributed by atoms with Gasteiger partial charge in [0.25, 0.3) is 5.91 Å². The van der Waals surface area contributed by atoms with E-state index in [1.807, 2.05) is 30.3 Å². The van der Waals surface area contributed by atoms with E-state index in [0.29, 0.717) is 31.1 Å². The molecule has 0 radical (unpaired) electrons. The molecule has 6 nitrogen and oxygen atoms in total. The minimum Gasteiger partial charge on any atom is -0.383 e. The molecule has 1 atom stereocenters. The molecule has 4 rings (SSSR count). The minimum atomic E-state index is -3.08. The first-order chi connectivity index (χ1) is 13.0. The largest absolute Gasteiger partial charge is 0.383 e. The van der Waals surface area contributed by atoms with Crippen LogP contribution < -0.4 is 0 Å². The smallest absolute Gasteiger partial charge is 0.254 e. The summed E-state index contributed by atoms with van der Waals surface area (Å²) in [5.41, 5.74) is 2.39. The van der Waals surface area contributed by atoms with Gasteiger partial charge in [0.15, 0.2) is 9.84 Å². The number of sulfone groups is 1. The maximum atomic E-state index is 13.5. The maximum Gasteiger partial charge on any atom is 0.254 e. The van der Waals surface area contributed by atoms with E-state index in [-0.39, 0.29) is 23.5 Å². The fourth-order valence-corrected chi connectivity index (χ4v) is 5.51. The summed E-state index contributed by atoms with van der Waals surface area (Å²) < 4.78 is 29.1. The number of para-hydroxylation sites is 1. The van der Waals surface area contributed by atoms with Crippen LogP contribution in [0.5, 0.6) is 0 Å². The van der Waals surface area contributed by atoms with Gasteiger partial charge in [0, 0.05) is 36.7 Å². The van der Waals surface area contributed by atoms with Crippen LogP contribution in [0.1, 0.15) is 41.2 Å². The van der Waals surface area contributed by atoms with E-state index in [4.69, 9.17) is 9.72 Å². The Labute approximate surface area is 159 Å². The first-order valence-corrected chi connectivity index (χ1v) is 11.2. The van der Waals surface area contributed by atoms with Gasteiger partial charge >= 0.3 is 0 Å². The third-order valence-corrected chi connectivity index (χ3v) is 7.16. The summed E-state index contributed by atoms with van der Waals surface area (Å²) in [5, 5.41) is 0.815. The van der Waals surface area contributed by atoms with Crippen LogP contribution in [0.15, 0.2) is 30.3 Å². The van der Waals surface area contributed by atoms with Crippen molar-refractivity contribution in [3.63, 3.8) is 0 Å². The van der Waals surface area contributed by atoms with Crippen LogP contribution in [0.4, 0.5) is 0 Å². The third kappa shape index (κ3) is 3.84. The number of hydrogen-bond acceptors (Lipinski definition) is 5. The van der Waals surface area contributed by atoms with Crippen molar-refractivity contribution in [3.05, 3.63) is 41.6 Å². The maximum absolute atomic E-state index is 13.5. The Bertz CT molecular complexity index is 969. The fraction of sp³-hybridized carbons (Fsp3) is 0.500. The number of nitrogens with zero attached hydrogens (tertiary/aromatic N) is 2. The van der Waals surface area contributed by atoms with Crippen LogP contribution in [0.25, 0.3) is 10.9 Å². The van der Waals surface area contributed by atoms with E-state index in [2.05, 4.69) is 0 Å². The van der Waals surface area contributed by atoms with Crippen molar-refractivity contribution in [2.45, 2.75) is 31.2 Å². The molecule has 1 aromatic carbocycles. The van der Waals surface area contributed by atoms with Crippen LogP contribution in [-0.4, -0.2) is 62.0 Å². The molecule has 1 saturated carbocycles. The Morgan fingerprint density at radius 3 is 2.70 bits per heavy atom. The highest BCUT2D eigenvalue weighted by molar-refractivity contribution is 7.91. The molecular formula is C20H24N2O4S. The molecule has 2 aromatic rings. The number of carbonyl (C=O) groups is 1. The monoisotopic (exact) mass is 388 g/mol. The second-order valence-electron chi connectivity index (χ2n) is 7.43. The summed E-state index contributed by atoms with van der Waals surface area (Å²) in [6.45, 7) is 0.756. The number of pyridine rings is 1. The topological polar surface area (TPSA) is 76.6 Å². The van der Waals surface area contributed by atoms with E-state index >= 15 is 0 Å². The second kappa shape index (κ2) is 7.20. The van der Waals surface area contributed by atoms with Gasteiger partial charge in [-0.25, -0.2) is 8.42 Å². The molecule has 0 spiro atoms. The first-order valence-electron chi connectivity index (χ1n) is 9.38. The molecule has 7 heteroatoms. The van der Waals surface area contributed by atoms with Crippen molar-refractivity contribution >= 4 is 26.6 Å². The van der Waals surface area contributed by atoms with Gasteiger partial charge in [0.1, 0.15) is 0 Å².